The van der Waals surface area contributed by atoms with E-state index >= 15 is 0 Å². The van der Waals surface area contributed by atoms with Crippen LogP contribution < -0.4 is 5.32 Å². The minimum absolute atomic E-state index is 0.607. The molecule has 0 bridgehead atoms. The van der Waals surface area contributed by atoms with E-state index in [1.807, 2.05) is 0 Å². The van der Waals surface area contributed by atoms with Gasteiger partial charge in [0, 0.05) is 19.1 Å². The first-order valence-corrected chi connectivity index (χ1v) is 6.97. The molecule has 0 heterocycles. The van der Waals surface area contributed by atoms with Gasteiger partial charge in [-0.1, -0.05) is 46.8 Å². The number of nitrogens with one attached hydrogen (secondary N) is 1. The Labute approximate surface area is 108 Å². The van der Waals surface area contributed by atoms with Crippen molar-refractivity contribution in [3.8, 4) is 0 Å². The second kappa shape index (κ2) is 8.71. The Morgan fingerprint density at radius 1 is 1.18 bits per heavy atom. The third kappa shape index (κ3) is 7.56. The van der Waals surface area contributed by atoms with E-state index < -0.39 is 0 Å². The molecule has 0 saturated heterocycles. The van der Waals surface area contributed by atoms with Crippen molar-refractivity contribution in [3.05, 3.63) is 12.2 Å². The van der Waals surface area contributed by atoms with Crippen LogP contribution in [0.5, 0.6) is 0 Å². The van der Waals surface area contributed by atoms with Crippen LogP contribution in [0.2, 0.25) is 0 Å². The lowest BCUT2D eigenvalue weighted by molar-refractivity contribution is 0.171. The van der Waals surface area contributed by atoms with Gasteiger partial charge in [-0.05, 0) is 31.8 Å². The van der Waals surface area contributed by atoms with Gasteiger partial charge in [0.1, 0.15) is 0 Å². The molecule has 0 aromatic rings. The van der Waals surface area contributed by atoms with E-state index in [0.717, 1.165) is 32.1 Å². The molecule has 102 valence electrons. The SMILES string of the molecule is C=C(C)CN(CC)C(CNCC(C)C)C(C)C. The predicted molar refractivity (Wildman–Crippen MR) is 78.4 cm³/mol. The summed E-state index contributed by atoms with van der Waals surface area (Å²) in [5.74, 6) is 1.40. The maximum Gasteiger partial charge on any atom is 0.0246 e. The summed E-state index contributed by atoms with van der Waals surface area (Å²) in [6.07, 6.45) is 0. The second-order valence-electron chi connectivity index (χ2n) is 5.88. The van der Waals surface area contributed by atoms with Gasteiger partial charge in [-0.3, -0.25) is 4.90 Å². The standard InChI is InChI=1S/C15H32N2/c1-8-17(11-13(4)5)15(14(6)7)10-16-9-12(2)3/h12,14-16H,4,8-11H2,1-3,5-7H3. The third-order valence-corrected chi connectivity index (χ3v) is 3.02. The van der Waals surface area contributed by atoms with Crippen molar-refractivity contribution in [2.24, 2.45) is 11.8 Å². The minimum atomic E-state index is 0.607. The summed E-state index contributed by atoms with van der Waals surface area (Å²) in [7, 11) is 0. The van der Waals surface area contributed by atoms with Gasteiger partial charge in [0.2, 0.25) is 0 Å². The molecule has 0 fully saturated rings. The Morgan fingerprint density at radius 2 is 1.76 bits per heavy atom. The van der Waals surface area contributed by atoms with Crippen molar-refractivity contribution in [2.75, 3.05) is 26.2 Å². The lowest BCUT2D eigenvalue weighted by Gasteiger charge is -2.34. The Kier molecular flexibility index (Phi) is 8.53. The number of nitrogens with zero attached hydrogens (tertiary/aromatic N) is 1. The minimum Gasteiger partial charge on any atom is -0.315 e. The molecule has 0 saturated carbocycles. The molecule has 0 aliphatic rings. The van der Waals surface area contributed by atoms with Crippen LogP contribution in [0.3, 0.4) is 0 Å². The second-order valence-corrected chi connectivity index (χ2v) is 5.88. The molecule has 1 unspecified atom stereocenters. The zero-order valence-corrected chi connectivity index (χ0v) is 12.7. The van der Waals surface area contributed by atoms with E-state index in [2.05, 4.69) is 58.3 Å². The molecule has 0 rings (SSSR count). The lowest BCUT2D eigenvalue weighted by Crippen LogP contribution is -2.46. The fourth-order valence-corrected chi connectivity index (χ4v) is 2.12. The molecular formula is C15H32N2. The molecule has 0 spiro atoms. The highest BCUT2D eigenvalue weighted by Crippen LogP contribution is 2.11. The molecule has 2 heteroatoms. The summed E-state index contributed by atoms with van der Waals surface area (Å²) in [5, 5.41) is 3.58. The van der Waals surface area contributed by atoms with Crippen molar-refractivity contribution < 1.29 is 0 Å². The molecule has 1 atom stereocenters. The van der Waals surface area contributed by atoms with Crippen LogP contribution in [-0.4, -0.2) is 37.1 Å². The smallest absolute Gasteiger partial charge is 0.0246 e. The number of hydrogen-bond donors (Lipinski definition) is 1. The van der Waals surface area contributed by atoms with Crippen LogP contribution in [0, 0.1) is 11.8 Å². The summed E-state index contributed by atoms with van der Waals surface area (Å²) >= 11 is 0. The van der Waals surface area contributed by atoms with Gasteiger partial charge in [0.05, 0.1) is 0 Å². The van der Waals surface area contributed by atoms with Crippen molar-refractivity contribution in [1.29, 1.82) is 0 Å². The van der Waals surface area contributed by atoms with Gasteiger partial charge in [-0.2, -0.15) is 0 Å². The van der Waals surface area contributed by atoms with Gasteiger partial charge >= 0.3 is 0 Å². The van der Waals surface area contributed by atoms with E-state index in [0.29, 0.717) is 12.0 Å². The Hall–Kier alpha value is -0.340. The van der Waals surface area contributed by atoms with Crippen LogP contribution >= 0.6 is 0 Å². The third-order valence-electron chi connectivity index (χ3n) is 3.02. The summed E-state index contributed by atoms with van der Waals surface area (Å²) < 4.78 is 0. The van der Waals surface area contributed by atoms with Crippen LogP contribution in [0.4, 0.5) is 0 Å². The van der Waals surface area contributed by atoms with Crippen LogP contribution in [-0.2, 0) is 0 Å². The first-order valence-electron chi connectivity index (χ1n) is 6.97. The summed E-state index contributed by atoms with van der Waals surface area (Å²) in [4.78, 5) is 2.53. The average Bonchev–Trinajstić information content (AvgIpc) is 2.20. The fourth-order valence-electron chi connectivity index (χ4n) is 2.12. The predicted octanol–water partition coefficient (Wildman–Crippen LogP) is 3.15. The first kappa shape index (κ1) is 16.7. The fraction of sp³-hybridized carbons (Fsp3) is 0.867. The molecule has 0 aliphatic heterocycles. The molecule has 2 nitrogen and oxygen atoms in total. The van der Waals surface area contributed by atoms with Crippen LogP contribution in [0.1, 0.15) is 41.5 Å². The molecule has 0 aromatic heterocycles. The van der Waals surface area contributed by atoms with Gasteiger partial charge in [-0.25, -0.2) is 0 Å². The number of rotatable bonds is 9. The highest BCUT2D eigenvalue weighted by atomic mass is 15.2. The summed E-state index contributed by atoms with van der Waals surface area (Å²) in [6.45, 7) is 21.8. The van der Waals surface area contributed by atoms with Crippen molar-refractivity contribution in [2.45, 2.75) is 47.6 Å². The molecule has 0 amide bonds. The highest BCUT2D eigenvalue weighted by molar-refractivity contribution is 4.94. The van der Waals surface area contributed by atoms with Gasteiger partial charge < -0.3 is 5.32 Å². The normalized spacial score (nSPS) is 13.7. The maximum absolute atomic E-state index is 4.03. The van der Waals surface area contributed by atoms with Crippen LogP contribution in [0.15, 0.2) is 12.2 Å². The van der Waals surface area contributed by atoms with Crippen molar-refractivity contribution in [3.63, 3.8) is 0 Å². The van der Waals surface area contributed by atoms with E-state index in [1.54, 1.807) is 0 Å². The van der Waals surface area contributed by atoms with E-state index in [-0.39, 0.29) is 0 Å². The molecule has 0 radical (unpaired) electrons. The van der Waals surface area contributed by atoms with Crippen LogP contribution in [0.25, 0.3) is 0 Å². The largest absolute Gasteiger partial charge is 0.315 e. The molecule has 17 heavy (non-hydrogen) atoms. The summed E-state index contributed by atoms with van der Waals surface area (Å²) in [6, 6.07) is 0.607. The quantitative estimate of drug-likeness (QED) is 0.623. The molecule has 0 aromatic carbocycles. The Morgan fingerprint density at radius 3 is 2.12 bits per heavy atom. The highest BCUT2D eigenvalue weighted by Gasteiger charge is 2.20. The van der Waals surface area contributed by atoms with E-state index in [4.69, 9.17) is 0 Å². The Balaban J connectivity index is 4.31. The number of likely N-dealkylation sites (N-methyl/N-ethyl adjacent to an activating group) is 1. The molecule has 0 aliphatic carbocycles. The maximum atomic E-state index is 4.03. The Bertz CT molecular complexity index is 209. The van der Waals surface area contributed by atoms with Gasteiger partial charge in [0.15, 0.2) is 0 Å². The van der Waals surface area contributed by atoms with Gasteiger partial charge in [-0.15, -0.1) is 0 Å². The molecular weight excluding hydrogens is 208 g/mol. The molecule has 1 N–H and O–H groups in total. The van der Waals surface area contributed by atoms with Gasteiger partial charge in [0.25, 0.3) is 0 Å². The van der Waals surface area contributed by atoms with Crippen molar-refractivity contribution in [1.82, 2.24) is 10.2 Å². The number of hydrogen-bond acceptors (Lipinski definition) is 2. The monoisotopic (exact) mass is 240 g/mol. The average molecular weight is 240 g/mol. The lowest BCUT2D eigenvalue weighted by atomic mass is 10.0. The topological polar surface area (TPSA) is 15.3 Å². The summed E-state index contributed by atoms with van der Waals surface area (Å²) in [5.41, 5.74) is 1.25. The van der Waals surface area contributed by atoms with E-state index in [1.165, 1.54) is 5.57 Å². The zero-order valence-electron chi connectivity index (χ0n) is 12.7. The van der Waals surface area contributed by atoms with Crippen molar-refractivity contribution >= 4 is 0 Å². The first-order chi connectivity index (χ1) is 7.88. The zero-order chi connectivity index (χ0) is 13.4. The van der Waals surface area contributed by atoms with E-state index in [9.17, 15) is 0 Å².